The van der Waals surface area contributed by atoms with Crippen molar-refractivity contribution >= 4 is 22.7 Å². The van der Waals surface area contributed by atoms with Gasteiger partial charge in [-0.3, -0.25) is 9.59 Å². The highest BCUT2D eigenvalue weighted by atomic mass is 16.2. The SMILES string of the molecule is CC(C)CN(CC(=O)N(CCc1c[nH]c2ccccc12)Cc1ccc(C(C)(C)C)cc1)C(=O)C1CC1. The smallest absolute Gasteiger partial charge is 0.242 e. The van der Waals surface area contributed by atoms with E-state index in [1.807, 2.05) is 23.2 Å². The number of hydrogen-bond donors (Lipinski definition) is 1. The van der Waals surface area contributed by atoms with Crippen molar-refractivity contribution in [3.63, 3.8) is 0 Å². The molecular weight excluding hydrogens is 446 g/mol. The Balaban J connectivity index is 1.52. The van der Waals surface area contributed by atoms with Gasteiger partial charge in [0.1, 0.15) is 0 Å². The third-order valence-electron chi connectivity index (χ3n) is 7.02. The lowest BCUT2D eigenvalue weighted by Crippen LogP contribution is -2.45. The Morgan fingerprint density at radius 2 is 1.69 bits per heavy atom. The molecule has 0 aliphatic heterocycles. The maximum atomic E-state index is 13.7. The molecule has 0 bridgehead atoms. The van der Waals surface area contributed by atoms with Gasteiger partial charge in [-0.05, 0) is 53.4 Å². The van der Waals surface area contributed by atoms with Crippen molar-refractivity contribution < 1.29 is 9.59 Å². The molecule has 1 N–H and O–H groups in total. The molecule has 2 amide bonds. The van der Waals surface area contributed by atoms with Crippen molar-refractivity contribution in [1.29, 1.82) is 0 Å². The molecule has 192 valence electrons. The lowest BCUT2D eigenvalue weighted by atomic mass is 9.87. The van der Waals surface area contributed by atoms with Gasteiger partial charge in [0, 0.05) is 42.7 Å². The van der Waals surface area contributed by atoms with Gasteiger partial charge in [-0.1, -0.05) is 77.1 Å². The van der Waals surface area contributed by atoms with Gasteiger partial charge in [0.25, 0.3) is 0 Å². The molecule has 1 aliphatic carbocycles. The first kappa shape index (κ1) is 26.0. The van der Waals surface area contributed by atoms with Crippen molar-refractivity contribution in [2.24, 2.45) is 11.8 Å². The molecular formula is C31H41N3O2. The molecule has 0 atom stereocenters. The highest BCUT2D eigenvalue weighted by Gasteiger charge is 2.35. The quantitative estimate of drug-likeness (QED) is 0.385. The first-order valence-electron chi connectivity index (χ1n) is 13.3. The van der Waals surface area contributed by atoms with E-state index in [4.69, 9.17) is 0 Å². The van der Waals surface area contributed by atoms with Gasteiger partial charge >= 0.3 is 0 Å². The second-order valence-corrected chi connectivity index (χ2v) is 11.8. The van der Waals surface area contributed by atoms with E-state index in [1.165, 1.54) is 16.5 Å². The van der Waals surface area contributed by atoms with E-state index in [-0.39, 0.29) is 29.7 Å². The van der Waals surface area contributed by atoms with Gasteiger partial charge in [0.15, 0.2) is 0 Å². The largest absolute Gasteiger partial charge is 0.361 e. The number of fused-ring (bicyclic) bond motifs is 1. The van der Waals surface area contributed by atoms with Crippen molar-refractivity contribution in [1.82, 2.24) is 14.8 Å². The number of rotatable bonds is 10. The Kier molecular flexibility index (Phi) is 7.87. The minimum atomic E-state index is 0.0180. The van der Waals surface area contributed by atoms with Crippen LogP contribution < -0.4 is 0 Å². The lowest BCUT2D eigenvalue weighted by molar-refractivity contribution is -0.142. The summed E-state index contributed by atoms with van der Waals surface area (Å²) in [5.41, 5.74) is 4.80. The number of nitrogens with zero attached hydrogens (tertiary/aromatic N) is 2. The molecule has 2 aromatic carbocycles. The molecule has 36 heavy (non-hydrogen) atoms. The predicted octanol–water partition coefficient (Wildman–Crippen LogP) is 5.93. The van der Waals surface area contributed by atoms with E-state index in [2.05, 4.69) is 76.0 Å². The number of benzene rings is 2. The van der Waals surface area contributed by atoms with Crippen LogP contribution in [0.2, 0.25) is 0 Å². The predicted molar refractivity (Wildman–Crippen MR) is 147 cm³/mol. The van der Waals surface area contributed by atoms with Crippen LogP contribution in [0.3, 0.4) is 0 Å². The van der Waals surface area contributed by atoms with Crippen LogP contribution in [-0.2, 0) is 28.0 Å². The molecule has 3 aromatic rings. The number of amides is 2. The fraction of sp³-hybridized carbons (Fsp3) is 0.484. The van der Waals surface area contributed by atoms with Gasteiger partial charge in [0.2, 0.25) is 11.8 Å². The summed E-state index contributed by atoms with van der Waals surface area (Å²) in [6.07, 6.45) is 4.71. The fourth-order valence-corrected chi connectivity index (χ4v) is 4.74. The summed E-state index contributed by atoms with van der Waals surface area (Å²) in [5.74, 6) is 0.596. The van der Waals surface area contributed by atoms with Gasteiger partial charge in [-0.15, -0.1) is 0 Å². The lowest BCUT2D eigenvalue weighted by Gasteiger charge is -2.29. The zero-order valence-corrected chi connectivity index (χ0v) is 22.5. The zero-order valence-electron chi connectivity index (χ0n) is 22.5. The summed E-state index contributed by atoms with van der Waals surface area (Å²) in [6.45, 7) is 12.7. The van der Waals surface area contributed by atoms with E-state index < -0.39 is 0 Å². The molecule has 1 aliphatic rings. The number of para-hydroxylation sites is 1. The van der Waals surface area contributed by atoms with Crippen LogP contribution >= 0.6 is 0 Å². The molecule has 5 nitrogen and oxygen atoms in total. The van der Waals surface area contributed by atoms with Crippen LogP contribution in [0.4, 0.5) is 0 Å². The Hall–Kier alpha value is -3.08. The molecule has 1 heterocycles. The number of nitrogens with one attached hydrogen (secondary N) is 1. The third-order valence-corrected chi connectivity index (χ3v) is 7.02. The number of hydrogen-bond acceptors (Lipinski definition) is 2. The fourth-order valence-electron chi connectivity index (χ4n) is 4.74. The van der Waals surface area contributed by atoms with Crippen LogP contribution in [0.1, 0.15) is 64.2 Å². The van der Waals surface area contributed by atoms with Crippen LogP contribution in [0.25, 0.3) is 10.9 Å². The molecule has 4 rings (SSSR count). The van der Waals surface area contributed by atoms with Gasteiger partial charge in [-0.2, -0.15) is 0 Å². The Bertz CT molecular complexity index is 1180. The maximum absolute atomic E-state index is 13.7. The minimum absolute atomic E-state index is 0.0180. The Labute approximate surface area is 215 Å². The number of carbonyl (C=O) groups is 2. The maximum Gasteiger partial charge on any atom is 0.242 e. The average molecular weight is 488 g/mol. The molecule has 1 saturated carbocycles. The van der Waals surface area contributed by atoms with Crippen LogP contribution in [0, 0.1) is 11.8 Å². The number of carbonyl (C=O) groups excluding carboxylic acids is 2. The molecule has 0 radical (unpaired) electrons. The summed E-state index contributed by atoms with van der Waals surface area (Å²) in [6, 6.07) is 16.9. The first-order chi connectivity index (χ1) is 17.1. The monoisotopic (exact) mass is 487 g/mol. The van der Waals surface area contributed by atoms with Crippen molar-refractivity contribution in [3.8, 4) is 0 Å². The van der Waals surface area contributed by atoms with Gasteiger partial charge in [-0.25, -0.2) is 0 Å². The second-order valence-electron chi connectivity index (χ2n) is 11.8. The molecule has 5 heteroatoms. The Morgan fingerprint density at radius 1 is 1.00 bits per heavy atom. The molecule has 1 fully saturated rings. The van der Waals surface area contributed by atoms with Crippen molar-refractivity contribution in [2.45, 2.75) is 65.8 Å². The zero-order chi connectivity index (χ0) is 25.9. The van der Waals surface area contributed by atoms with E-state index in [9.17, 15) is 9.59 Å². The van der Waals surface area contributed by atoms with E-state index in [0.717, 1.165) is 30.3 Å². The highest BCUT2D eigenvalue weighted by molar-refractivity contribution is 5.87. The molecule has 1 aromatic heterocycles. The van der Waals surface area contributed by atoms with E-state index in [1.54, 1.807) is 4.90 Å². The van der Waals surface area contributed by atoms with Gasteiger partial charge < -0.3 is 14.8 Å². The summed E-state index contributed by atoms with van der Waals surface area (Å²) < 4.78 is 0. The second kappa shape index (κ2) is 10.9. The third kappa shape index (κ3) is 6.57. The standard InChI is InChI=1S/C31H41N3O2/c1-22(2)19-34(30(36)24-12-13-24)21-29(35)33(20-23-10-14-26(15-11-23)31(3,4)5)17-16-25-18-32-28-9-7-6-8-27(25)28/h6-11,14-15,18,22,24,32H,12-13,16-17,19-21H2,1-5H3. The summed E-state index contributed by atoms with van der Waals surface area (Å²) >= 11 is 0. The molecule has 0 unspecified atom stereocenters. The first-order valence-corrected chi connectivity index (χ1v) is 13.3. The molecule has 0 spiro atoms. The van der Waals surface area contributed by atoms with Crippen LogP contribution in [-0.4, -0.2) is 46.2 Å². The minimum Gasteiger partial charge on any atom is -0.361 e. The van der Waals surface area contributed by atoms with E-state index >= 15 is 0 Å². The van der Waals surface area contributed by atoms with Crippen molar-refractivity contribution in [2.75, 3.05) is 19.6 Å². The summed E-state index contributed by atoms with van der Waals surface area (Å²) in [7, 11) is 0. The summed E-state index contributed by atoms with van der Waals surface area (Å²) in [5, 5.41) is 1.20. The normalized spacial score (nSPS) is 13.8. The van der Waals surface area contributed by atoms with Crippen LogP contribution in [0.5, 0.6) is 0 Å². The Morgan fingerprint density at radius 3 is 2.33 bits per heavy atom. The molecule has 0 saturated heterocycles. The number of aromatic nitrogens is 1. The van der Waals surface area contributed by atoms with Gasteiger partial charge in [0.05, 0.1) is 6.54 Å². The summed E-state index contributed by atoms with van der Waals surface area (Å²) in [4.78, 5) is 33.7. The number of H-pyrrole nitrogens is 1. The van der Waals surface area contributed by atoms with E-state index in [0.29, 0.717) is 25.6 Å². The highest BCUT2D eigenvalue weighted by Crippen LogP contribution is 2.31. The average Bonchev–Trinajstić information content (AvgIpc) is 3.60. The number of aromatic amines is 1. The topological polar surface area (TPSA) is 56.4 Å². The van der Waals surface area contributed by atoms with Crippen LogP contribution in [0.15, 0.2) is 54.7 Å². The van der Waals surface area contributed by atoms with Crippen molar-refractivity contribution in [3.05, 3.63) is 71.4 Å².